The molecule has 0 aromatic rings. The zero-order valence-electron chi connectivity index (χ0n) is 5.70. The Morgan fingerprint density at radius 3 is 2.80 bits per heavy atom. The van der Waals surface area contributed by atoms with Gasteiger partial charge in [0.05, 0.1) is 19.3 Å². The van der Waals surface area contributed by atoms with Crippen LogP contribution in [0.5, 0.6) is 0 Å². The third-order valence-electron chi connectivity index (χ3n) is 0.910. The molecular formula is C6H9NO3. The van der Waals surface area contributed by atoms with Crippen LogP contribution in [0.2, 0.25) is 0 Å². The first-order chi connectivity index (χ1) is 4.76. The third-order valence-corrected chi connectivity index (χ3v) is 0.910. The van der Waals surface area contributed by atoms with Gasteiger partial charge in [0.1, 0.15) is 0 Å². The van der Waals surface area contributed by atoms with E-state index in [1.165, 1.54) is 0 Å². The Morgan fingerprint density at radius 2 is 2.50 bits per heavy atom. The number of aliphatic hydroxyl groups excluding tert-OH is 1. The molecule has 0 aliphatic rings. The molecule has 0 aromatic heterocycles. The number of nitrogens with zero attached hydrogens (tertiary/aromatic N) is 1. The van der Waals surface area contributed by atoms with E-state index < -0.39 is 18.5 Å². The van der Waals surface area contributed by atoms with E-state index in [0.29, 0.717) is 0 Å². The first kappa shape index (κ1) is 8.92. The number of hydrogen-bond donors (Lipinski definition) is 1. The summed E-state index contributed by atoms with van der Waals surface area (Å²) in [4.78, 5) is 10.6. The monoisotopic (exact) mass is 143 g/mol. The molecule has 0 saturated carbocycles. The van der Waals surface area contributed by atoms with Crippen molar-refractivity contribution in [3.05, 3.63) is 0 Å². The molecule has 0 amide bonds. The van der Waals surface area contributed by atoms with Gasteiger partial charge in [-0.05, 0) is 6.92 Å². The van der Waals surface area contributed by atoms with E-state index in [1.807, 2.05) is 0 Å². The molecule has 1 atom stereocenters. The molecule has 0 aliphatic heterocycles. The predicted octanol–water partition coefficient (Wildman–Crippen LogP) is -0.318. The van der Waals surface area contributed by atoms with Crippen LogP contribution in [0.25, 0.3) is 0 Å². The fourth-order valence-electron chi connectivity index (χ4n) is 0.411. The number of rotatable bonds is 3. The number of ether oxygens (including phenoxy) is 1. The van der Waals surface area contributed by atoms with Gasteiger partial charge in [-0.25, -0.2) is 0 Å². The van der Waals surface area contributed by atoms with Crippen molar-refractivity contribution in [1.82, 2.24) is 0 Å². The highest BCUT2D eigenvalue weighted by atomic mass is 16.5. The summed E-state index contributed by atoms with van der Waals surface area (Å²) < 4.78 is 4.46. The maximum absolute atomic E-state index is 10.6. The van der Waals surface area contributed by atoms with E-state index >= 15 is 0 Å². The number of carbonyl (C=O) groups excluding carboxylic acids is 1. The van der Waals surface area contributed by atoms with Gasteiger partial charge >= 0.3 is 5.97 Å². The van der Waals surface area contributed by atoms with E-state index in [0.717, 1.165) is 0 Å². The fraction of sp³-hybridized carbons (Fsp3) is 0.667. The average molecular weight is 143 g/mol. The molecule has 0 bridgehead atoms. The van der Waals surface area contributed by atoms with E-state index in [9.17, 15) is 4.79 Å². The summed E-state index contributed by atoms with van der Waals surface area (Å²) in [5.74, 6) is -1.69. The summed E-state index contributed by atoms with van der Waals surface area (Å²) in [6, 6.07) is 1.61. The highest BCUT2D eigenvalue weighted by Gasteiger charge is 2.16. The number of hydrogen-bond acceptors (Lipinski definition) is 4. The van der Waals surface area contributed by atoms with Crippen molar-refractivity contribution in [3.63, 3.8) is 0 Å². The fourth-order valence-corrected chi connectivity index (χ4v) is 0.411. The van der Waals surface area contributed by atoms with Gasteiger partial charge in [-0.3, -0.25) is 4.79 Å². The molecule has 0 aliphatic carbocycles. The van der Waals surface area contributed by atoms with Crippen LogP contribution < -0.4 is 0 Å². The molecule has 0 aromatic carbocycles. The largest absolute Gasteiger partial charge is 0.465 e. The van der Waals surface area contributed by atoms with Crippen molar-refractivity contribution in [2.75, 3.05) is 13.2 Å². The first-order valence-corrected chi connectivity index (χ1v) is 2.93. The van der Waals surface area contributed by atoms with Gasteiger partial charge in [0, 0.05) is 0 Å². The number of esters is 1. The van der Waals surface area contributed by atoms with Gasteiger partial charge in [0.25, 0.3) is 0 Å². The van der Waals surface area contributed by atoms with Crippen LogP contribution >= 0.6 is 0 Å². The normalized spacial score (nSPS) is 11.7. The Balaban J connectivity index is 3.80. The van der Waals surface area contributed by atoms with Crippen LogP contribution in [0.1, 0.15) is 6.92 Å². The van der Waals surface area contributed by atoms with Crippen LogP contribution in [0.15, 0.2) is 0 Å². The van der Waals surface area contributed by atoms with Crippen LogP contribution in [-0.2, 0) is 9.53 Å². The summed E-state index contributed by atoms with van der Waals surface area (Å²) >= 11 is 0. The van der Waals surface area contributed by atoms with Crippen LogP contribution in [0.4, 0.5) is 0 Å². The van der Waals surface area contributed by atoms with Crippen LogP contribution in [0, 0.1) is 17.2 Å². The van der Waals surface area contributed by atoms with Crippen LogP contribution in [0.3, 0.4) is 0 Å². The van der Waals surface area contributed by atoms with E-state index in [-0.39, 0.29) is 6.61 Å². The topological polar surface area (TPSA) is 70.3 Å². The first-order valence-electron chi connectivity index (χ1n) is 2.93. The van der Waals surface area contributed by atoms with E-state index in [4.69, 9.17) is 10.4 Å². The van der Waals surface area contributed by atoms with Crippen molar-refractivity contribution < 1.29 is 14.6 Å². The second kappa shape index (κ2) is 4.77. The Hall–Kier alpha value is -1.08. The van der Waals surface area contributed by atoms with Gasteiger partial charge in [-0.2, -0.15) is 5.26 Å². The average Bonchev–Trinajstić information content (AvgIpc) is 1.91. The van der Waals surface area contributed by atoms with Gasteiger partial charge < -0.3 is 9.84 Å². The van der Waals surface area contributed by atoms with Crippen LogP contribution in [-0.4, -0.2) is 24.3 Å². The predicted molar refractivity (Wildman–Crippen MR) is 32.8 cm³/mol. The lowest BCUT2D eigenvalue weighted by atomic mass is 10.2. The number of aliphatic hydroxyl groups is 1. The Labute approximate surface area is 59.0 Å². The molecule has 1 unspecified atom stereocenters. The maximum atomic E-state index is 10.6. The summed E-state index contributed by atoms with van der Waals surface area (Å²) in [5, 5.41) is 16.6. The molecule has 0 heterocycles. The van der Waals surface area contributed by atoms with E-state index in [2.05, 4.69) is 4.74 Å². The van der Waals surface area contributed by atoms with Crippen molar-refractivity contribution in [2.45, 2.75) is 6.92 Å². The lowest BCUT2D eigenvalue weighted by Crippen LogP contribution is -2.19. The highest BCUT2D eigenvalue weighted by molar-refractivity contribution is 5.75. The molecule has 0 fully saturated rings. The molecular weight excluding hydrogens is 134 g/mol. The Kier molecular flexibility index (Phi) is 4.25. The van der Waals surface area contributed by atoms with Gasteiger partial charge in [0.2, 0.25) is 0 Å². The standard InChI is InChI=1S/C6H9NO3/c1-2-10-6(9)5(3-7)4-8/h5,8H,2,4H2,1H3. The summed E-state index contributed by atoms with van der Waals surface area (Å²) in [6.07, 6.45) is 0. The minimum Gasteiger partial charge on any atom is -0.465 e. The molecule has 10 heavy (non-hydrogen) atoms. The SMILES string of the molecule is CCOC(=O)C(C#N)CO. The quantitative estimate of drug-likeness (QED) is 0.550. The highest BCUT2D eigenvalue weighted by Crippen LogP contribution is 1.95. The molecule has 4 nitrogen and oxygen atoms in total. The Bertz CT molecular complexity index is 150. The second-order valence-corrected chi connectivity index (χ2v) is 1.62. The molecule has 0 rings (SSSR count). The van der Waals surface area contributed by atoms with Gasteiger partial charge in [-0.1, -0.05) is 0 Å². The summed E-state index contributed by atoms with van der Waals surface area (Å²) in [7, 11) is 0. The zero-order valence-corrected chi connectivity index (χ0v) is 5.70. The minimum absolute atomic E-state index is 0.233. The molecule has 56 valence electrons. The van der Waals surface area contributed by atoms with E-state index in [1.54, 1.807) is 13.0 Å². The van der Waals surface area contributed by atoms with Gasteiger partial charge in [0.15, 0.2) is 5.92 Å². The molecule has 1 N–H and O–H groups in total. The maximum Gasteiger partial charge on any atom is 0.325 e. The zero-order chi connectivity index (χ0) is 7.98. The second-order valence-electron chi connectivity index (χ2n) is 1.62. The molecule has 0 radical (unpaired) electrons. The number of nitriles is 1. The Morgan fingerprint density at radius 1 is 1.90 bits per heavy atom. The van der Waals surface area contributed by atoms with Crippen molar-refractivity contribution in [1.29, 1.82) is 5.26 Å². The molecule has 0 spiro atoms. The lowest BCUT2D eigenvalue weighted by Gasteiger charge is -2.02. The molecule has 0 saturated heterocycles. The van der Waals surface area contributed by atoms with Crippen molar-refractivity contribution >= 4 is 5.97 Å². The van der Waals surface area contributed by atoms with Crippen molar-refractivity contribution in [2.24, 2.45) is 5.92 Å². The third kappa shape index (κ3) is 2.46. The lowest BCUT2D eigenvalue weighted by molar-refractivity contribution is -0.147. The van der Waals surface area contributed by atoms with Gasteiger partial charge in [-0.15, -0.1) is 0 Å². The molecule has 4 heteroatoms. The summed E-state index contributed by atoms with van der Waals surface area (Å²) in [6.45, 7) is 1.40. The minimum atomic E-state index is -1.03. The van der Waals surface area contributed by atoms with Crippen molar-refractivity contribution in [3.8, 4) is 6.07 Å². The summed E-state index contributed by atoms with van der Waals surface area (Å²) in [5.41, 5.74) is 0. The number of carbonyl (C=O) groups is 1. The smallest absolute Gasteiger partial charge is 0.325 e.